The van der Waals surface area contributed by atoms with Crippen LogP contribution in [-0.4, -0.2) is 21.3 Å². The standard InChI is InChI=1S/C8H13N3O2S/c1-3-6(7(9)11-12)14-8-10-5(2)4-13-8/h4,6,12H,3H2,1-2H3,(H2,9,11). The second-order valence-corrected chi connectivity index (χ2v) is 3.95. The predicted molar refractivity (Wildman–Crippen MR) is 54.6 cm³/mol. The minimum atomic E-state index is -0.0990. The summed E-state index contributed by atoms with van der Waals surface area (Å²) in [5.74, 6) is 0.188. The largest absolute Gasteiger partial charge is 0.440 e. The predicted octanol–water partition coefficient (Wildman–Crippen LogP) is 1.60. The van der Waals surface area contributed by atoms with E-state index in [1.165, 1.54) is 11.8 Å². The van der Waals surface area contributed by atoms with Gasteiger partial charge in [0.2, 0.25) is 0 Å². The van der Waals surface area contributed by atoms with Crippen LogP contribution in [0, 0.1) is 6.92 Å². The van der Waals surface area contributed by atoms with E-state index in [2.05, 4.69) is 10.1 Å². The number of oxazole rings is 1. The molecule has 0 saturated heterocycles. The van der Waals surface area contributed by atoms with Gasteiger partial charge in [0.1, 0.15) is 6.26 Å². The average molecular weight is 215 g/mol. The molecule has 78 valence electrons. The van der Waals surface area contributed by atoms with E-state index >= 15 is 0 Å². The van der Waals surface area contributed by atoms with Crippen molar-refractivity contribution in [3.63, 3.8) is 0 Å². The van der Waals surface area contributed by atoms with Crippen LogP contribution in [0.5, 0.6) is 0 Å². The highest BCUT2D eigenvalue weighted by atomic mass is 32.2. The van der Waals surface area contributed by atoms with E-state index in [9.17, 15) is 0 Å². The first-order valence-corrected chi connectivity index (χ1v) is 5.11. The van der Waals surface area contributed by atoms with Gasteiger partial charge in [-0.15, -0.1) is 0 Å². The van der Waals surface area contributed by atoms with Crippen LogP contribution >= 0.6 is 11.8 Å². The Morgan fingerprint density at radius 3 is 3.00 bits per heavy atom. The molecule has 0 spiro atoms. The Morgan fingerprint density at radius 1 is 1.86 bits per heavy atom. The monoisotopic (exact) mass is 215 g/mol. The molecule has 1 rings (SSSR count). The maximum Gasteiger partial charge on any atom is 0.256 e. The van der Waals surface area contributed by atoms with E-state index in [0.29, 0.717) is 5.22 Å². The van der Waals surface area contributed by atoms with E-state index in [1.54, 1.807) is 6.26 Å². The number of aromatic nitrogens is 1. The van der Waals surface area contributed by atoms with Gasteiger partial charge in [0, 0.05) is 0 Å². The lowest BCUT2D eigenvalue weighted by Crippen LogP contribution is -2.25. The van der Waals surface area contributed by atoms with Crippen molar-refractivity contribution in [1.29, 1.82) is 0 Å². The third-order valence-electron chi connectivity index (χ3n) is 1.66. The lowest BCUT2D eigenvalue weighted by molar-refractivity contribution is 0.317. The zero-order valence-corrected chi connectivity index (χ0v) is 8.91. The number of thioether (sulfide) groups is 1. The number of oxime groups is 1. The van der Waals surface area contributed by atoms with Crippen molar-refractivity contribution < 1.29 is 9.62 Å². The molecule has 5 nitrogen and oxygen atoms in total. The molecule has 0 fully saturated rings. The van der Waals surface area contributed by atoms with Crippen molar-refractivity contribution >= 4 is 17.6 Å². The normalized spacial score (nSPS) is 14.3. The quantitative estimate of drug-likeness (QED) is 0.262. The van der Waals surface area contributed by atoms with Crippen molar-refractivity contribution in [2.75, 3.05) is 0 Å². The van der Waals surface area contributed by atoms with Gasteiger partial charge < -0.3 is 15.4 Å². The number of aryl methyl sites for hydroxylation is 1. The summed E-state index contributed by atoms with van der Waals surface area (Å²) >= 11 is 1.35. The fourth-order valence-corrected chi connectivity index (χ4v) is 1.80. The molecule has 1 atom stereocenters. The fourth-order valence-electron chi connectivity index (χ4n) is 0.925. The summed E-state index contributed by atoms with van der Waals surface area (Å²) in [7, 11) is 0. The van der Waals surface area contributed by atoms with E-state index in [4.69, 9.17) is 15.4 Å². The Hall–Kier alpha value is -1.17. The molecule has 6 heteroatoms. The molecule has 0 aromatic carbocycles. The number of nitrogens with two attached hydrogens (primary N) is 1. The van der Waals surface area contributed by atoms with Crippen LogP contribution in [0.1, 0.15) is 19.0 Å². The first-order chi connectivity index (χ1) is 6.67. The highest BCUT2D eigenvalue weighted by Crippen LogP contribution is 2.24. The molecule has 0 amide bonds. The van der Waals surface area contributed by atoms with Crippen LogP contribution in [0.4, 0.5) is 0 Å². The molecule has 1 heterocycles. The summed E-state index contributed by atoms with van der Waals surface area (Å²) in [6.07, 6.45) is 2.32. The van der Waals surface area contributed by atoms with Gasteiger partial charge in [-0.25, -0.2) is 4.98 Å². The molecule has 0 aliphatic carbocycles. The van der Waals surface area contributed by atoms with Crippen LogP contribution in [0.3, 0.4) is 0 Å². The molecule has 0 saturated carbocycles. The van der Waals surface area contributed by atoms with Gasteiger partial charge in [0.25, 0.3) is 5.22 Å². The number of hydrogen-bond acceptors (Lipinski definition) is 5. The third-order valence-corrected chi connectivity index (χ3v) is 2.91. The van der Waals surface area contributed by atoms with Gasteiger partial charge in [-0.1, -0.05) is 23.8 Å². The third kappa shape index (κ3) is 2.66. The average Bonchev–Trinajstić information content (AvgIpc) is 2.59. The zero-order chi connectivity index (χ0) is 10.6. The Kier molecular flexibility index (Phi) is 3.82. The summed E-state index contributed by atoms with van der Waals surface area (Å²) in [5, 5.41) is 11.9. The van der Waals surface area contributed by atoms with Gasteiger partial charge in [-0.05, 0) is 13.3 Å². The van der Waals surface area contributed by atoms with Crippen LogP contribution in [0.25, 0.3) is 0 Å². The maximum absolute atomic E-state index is 8.52. The molecule has 3 N–H and O–H groups in total. The van der Waals surface area contributed by atoms with Crippen LogP contribution in [-0.2, 0) is 0 Å². The number of amidine groups is 1. The number of rotatable bonds is 4. The zero-order valence-electron chi connectivity index (χ0n) is 8.10. The minimum absolute atomic E-state index is 0.0990. The Morgan fingerprint density at radius 2 is 2.57 bits per heavy atom. The molecular formula is C8H13N3O2S. The Bertz CT molecular complexity index is 324. The fraction of sp³-hybridized carbons (Fsp3) is 0.500. The van der Waals surface area contributed by atoms with Gasteiger partial charge in [0.15, 0.2) is 5.84 Å². The first-order valence-electron chi connectivity index (χ1n) is 4.23. The van der Waals surface area contributed by atoms with E-state index < -0.39 is 0 Å². The smallest absolute Gasteiger partial charge is 0.256 e. The molecule has 0 radical (unpaired) electrons. The molecule has 1 aromatic heterocycles. The summed E-state index contributed by atoms with van der Waals surface area (Å²) in [6, 6.07) is 0. The van der Waals surface area contributed by atoms with Crippen LogP contribution in [0.15, 0.2) is 21.1 Å². The molecule has 1 unspecified atom stereocenters. The van der Waals surface area contributed by atoms with Crippen molar-refractivity contribution in [3.05, 3.63) is 12.0 Å². The number of hydrogen-bond donors (Lipinski definition) is 2. The van der Waals surface area contributed by atoms with E-state index in [-0.39, 0.29) is 11.1 Å². The number of nitrogens with zero attached hydrogens (tertiary/aromatic N) is 2. The van der Waals surface area contributed by atoms with Gasteiger partial charge in [-0.3, -0.25) is 0 Å². The second kappa shape index (κ2) is 4.90. The summed E-state index contributed by atoms with van der Waals surface area (Å²) in [5.41, 5.74) is 6.31. The Balaban J connectivity index is 2.66. The molecule has 0 bridgehead atoms. The summed E-state index contributed by atoms with van der Waals surface area (Å²) in [6.45, 7) is 3.80. The molecule has 1 aromatic rings. The minimum Gasteiger partial charge on any atom is -0.440 e. The van der Waals surface area contributed by atoms with Gasteiger partial charge >= 0.3 is 0 Å². The lowest BCUT2D eigenvalue weighted by atomic mass is 10.3. The summed E-state index contributed by atoms with van der Waals surface area (Å²) in [4.78, 5) is 4.12. The van der Waals surface area contributed by atoms with Gasteiger partial charge in [-0.2, -0.15) is 0 Å². The van der Waals surface area contributed by atoms with Gasteiger partial charge in [0.05, 0.1) is 10.9 Å². The SMILES string of the molecule is CCC(Sc1nc(C)co1)C(N)=NO. The van der Waals surface area contributed by atoms with Crippen molar-refractivity contribution in [1.82, 2.24) is 4.98 Å². The maximum atomic E-state index is 8.52. The molecular weight excluding hydrogens is 202 g/mol. The first kappa shape index (κ1) is 10.9. The van der Waals surface area contributed by atoms with E-state index in [1.807, 2.05) is 13.8 Å². The highest BCUT2D eigenvalue weighted by molar-refractivity contribution is 8.00. The Labute approximate surface area is 86.4 Å². The van der Waals surface area contributed by atoms with E-state index in [0.717, 1.165) is 12.1 Å². The lowest BCUT2D eigenvalue weighted by Gasteiger charge is -2.08. The summed E-state index contributed by atoms with van der Waals surface area (Å²) < 4.78 is 5.15. The second-order valence-electron chi connectivity index (χ2n) is 2.79. The van der Waals surface area contributed by atoms with Crippen LogP contribution in [0.2, 0.25) is 0 Å². The molecule has 0 aliphatic heterocycles. The van der Waals surface area contributed by atoms with Crippen molar-refractivity contribution in [3.8, 4) is 0 Å². The molecule has 14 heavy (non-hydrogen) atoms. The molecule has 0 aliphatic rings. The topological polar surface area (TPSA) is 84.6 Å². The van der Waals surface area contributed by atoms with Crippen LogP contribution < -0.4 is 5.73 Å². The van der Waals surface area contributed by atoms with Crippen molar-refractivity contribution in [2.45, 2.75) is 30.7 Å². The van der Waals surface area contributed by atoms with Crippen molar-refractivity contribution in [2.24, 2.45) is 10.9 Å². The highest BCUT2D eigenvalue weighted by Gasteiger charge is 2.16.